The first-order valence-electron chi connectivity index (χ1n) is 6.70. The Morgan fingerprint density at radius 3 is 2.65 bits per heavy atom. The van der Waals surface area contributed by atoms with Crippen molar-refractivity contribution in [2.75, 3.05) is 13.6 Å². The second-order valence-electron chi connectivity index (χ2n) is 4.81. The average Bonchev–Trinajstić information content (AvgIpc) is 2.90. The average molecular weight is 352 g/mol. The molecule has 0 aliphatic heterocycles. The molecule has 0 saturated carbocycles. The van der Waals surface area contributed by atoms with Crippen LogP contribution in [-0.4, -0.2) is 24.4 Å². The Bertz CT molecular complexity index is 553. The minimum absolute atomic E-state index is 0.103. The Kier molecular flexibility index (Phi) is 5.80. The van der Waals surface area contributed by atoms with Crippen LogP contribution in [0, 0.1) is 0 Å². The molecule has 0 spiro atoms. The van der Waals surface area contributed by atoms with E-state index in [9.17, 15) is 4.79 Å². The number of carbonyl (C=O) groups is 1. The molecular formula is C16H18BrNOS. The van der Waals surface area contributed by atoms with Gasteiger partial charge in [0.25, 0.3) is 5.91 Å². The number of rotatable bonds is 6. The summed E-state index contributed by atoms with van der Waals surface area (Å²) in [6, 6.07) is 12.4. The first-order valence-corrected chi connectivity index (χ1v) is 8.37. The highest BCUT2D eigenvalue weighted by Crippen LogP contribution is 2.21. The van der Waals surface area contributed by atoms with Crippen LogP contribution in [0.4, 0.5) is 0 Å². The van der Waals surface area contributed by atoms with E-state index < -0.39 is 0 Å². The second-order valence-corrected chi connectivity index (χ2v) is 7.10. The fourth-order valence-corrected chi connectivity index (χ4v) is 3.20. The van der Waals surface area contributed by atoms with E-state index in [4.69, 9.17) is 0 Å². The van der Waals surface area contributed by atoms with Gasteiger partial charge in [0.2, 0.25) is 0 Å². The number of unbranched alkanes of at least 4 members (excludes halogenated alkanes) is 1. The Morgan fingerprint density at radius 1 is 1.25 bits per heavy atom. The zero-order valence-electron chi connectivity index (χ0n) is 11.5. The third-order valence-corrected chi connectivity index (χ3v) is 4.72. The van der Waals surface area contributed by atoms with Crippen molar-refractivity contribution in [3.63, 3.8) is 0 Å². The minimum atomic E-state index is 0.103. The van der Waals surface area contributed by atoms with Crippen molar-refractivity contribution < 1.29 is 4.79 Å². The van der Waals surface area contributed by atoms with Gasteiger partial charge in [-0.15, -0.1) is 11.3 Å². The molecule has 1 heterocycles. The van der Waals surface area contributed by atoms with E-state index in [-0.39, 0.29) is 5.91 Å². The van der Waals surface area contributed by atoms with E-state index >= 15 is 0 Å². The second kappa shape index (κ2) is 7.60. The van der Waals surface area contributed by atoms with Crippen LogP contribution in [-0.2, 0) is 6.42 Å². The van der Waals surface area contributed by atoms with E-state index in [0.29, 0.717) is 0 Å². The van der Waals surface area contributed by atoms with Gasteiger partial charge in [-0.25, -0.2) is 0 Å². The number of hydrogen-bond donors (Lipinski definition) is 0. The van der Waals surface area contributed by atoms with Gasteiger partial charge in [0.15, 0.2) is 0 Å². The smallest absolute Gasteiger partial charge is 0.254 e. The molecule has 2 rings (SSSR count). The molecular weight excluding hydrogens is 334 g/mol. The quantitative estimate of drug-likeness (QED) is 0.696. The van der Waals surface area contributed by atoms with Gasteiger partial charge in [-0.05, 0) is 46.8 Å². The first-order chi connectivity index (χ1) is 9.66. The maximum absolute atomic E-state index is 12.1. The van der Waals surface area contributed by atoms with E-state index in [2.05, 4.69) is 40.2 Å². The number of benzene rings is 1. The predicted octanol–water partition coefficient (Wildman–Crippen LogP) is 4.61. The molecule has 0 radical (unpaired) electrons. The summed E-state index contributed by atoms with van der Waals surface area (Å²) in [5.41, 5.74) is 2.13. The number of thiophene rings is 1. The highest BCUT2D eigenvalue weighted by Gasteiger charge is 2.12. The first kappa shape index (κ1) is 15.3. The predicted molar refractivity (Wildman–Crippen MR) is 88.4 cm³/mol. The number of hydrogen-bond acceptors (Lipinski definition) is 2. The standard InChI is InChI=1S/C16H18BrNOS/c1-18(16(19)14-11-15(17)20-12-14)10-6-5-9-13-7-3-2-4-8-13/h2-4,7-8,11-12H,5-6,9-10H2,1H3. The SMILES string of the molecule is CN(CCCCc1ccccc1)C(=O)c1csc(Br)c1. The number of nitrogens with zero attached hydrogens (tertiary/aromatic N) is 1. The molecule has 0 saturated heterocycles. The molecule has 2 aromatic rings. The molecule has 0 aliphatic carbocycles. The van der Waals surface area contributed by atoms with Gasteiger partial charge in [-0.3, -0.25) is 4.79 Å². The van der Waals surface area contributed by atoms with Gasteiger partial charge < -0.3 is 4.90 Å². The van der Waals surface area contributed by atoms with Gasteiger partial charge in [0.1, 0.15) is 0 Å². The molecule has 0 atom stereocenters. The fourth-order valence-electron chi connectivity index (χ4n) is 2.07. The summed E-state index contributed by atoms with van der Waals surface area (Å²) in [6.45, 7) is 0.805. The van der Waals surface area contributed by atoms with Crippen LogP contribution >= 0.6 is 27.3 Å². The maximum Gasteiger partial charge on any atom is 0.254 e. The Morgan fingerprint density at radius 2 is 2.00 bits per heavy atom. The van der Waals surface area contributed by atoms with Crippen molar-refractivity contribution in [2.24, 2.45) is 0 Å². The lowest BCUT2D eigenvalue weighted by Gasteiger charge is -2.16. The van der Waals surface area contributed by atoms with Crippen molar-refractivity contribution in [2.45, 2.75) is 19.3 Å². The fraction of sp³-hybridized carbons (Fsp3) is 0.312. The summed E-state index contributed by atoms with van der Waals surface area (Å²) in [6.07, 6.45) is 3.21. The monoisotopic (exact) mass is 351 g/mol. The number of halogens is 1. The van der Waals surface area contributed by atoms with Crippen LogP contribution in [0.1, 0.15) is 28.8 Å². The third-order valence-electron chi connectivity index (χ3n) is 3.21. The Balaban J connectivity index is 1.72. The van der Waals surface area contributed by atoms with Gasteiger partial charge in [-0.2, -0.15) is 0 Å². The molecule has 0 N–H and O–H groups in total. The van der Waals surface area contributed by atoms with E-state index in [1.165, 1.54) is 5.56 Å². The molecule has 1 amide bonds. The molecule has 1 aromatic heterocycles. The largest absolute Gasteiger partial charge is 0.342 e. The van der Waals surface area contributed by atoms with Gasteiger partial charge >= 0.3 is 0 Å². The van der Waals surface area contributed by atoms with Crippen LogP contribution in [0.15, 0.2) is 45.6 Å². The molecule has 0 bridgehead atoms. The summed E-state index contributed by atoms with van der Waals surface area (Å²) < 4.78 is 0.998. The molecule has 0 fully saturated rings. The molecule has 0 unspecified atom stereocenters. The molecule has 106 valence electrons. The molecule has 0 aliphatic rings. The molecule has 4 heteroatoms. The molecule has 20 heavy (non-hydrogen) atoms. The number of amides is 1. The van der Waals surface area contributed by atoms with Gasteiger partial charge in [0.05, 0.1) is 9.35 Å². The zero-order valence-corrected chi connectivity index (χ0v) is 13.9. The summed E-state index contributed by atoms with van der Waals surface area (Å²) in [5.74, 6) is 0.103. The van der Waals surface area contributed by atoms with Crippen molar-refractivity contribution >= 4 is 33.2 Å². The highest BCUT2D eigenvalue weighted by atomic mass is 79.9. The van der Waals surface area contributed by atoms with Crippen molar-refractivity contribution in [3.05, 3.63) is 56.7 Å². The van der Waals surface area contributed by atoms with Gasteiger partial charge in [0, 0.05) is 19.0 Å². The van der Waals surface area contributed by atoms with E-state index in [0.717, 1.165) is 35.2 Å². The third kappa shape index (κ3) is 4.46. The van der Waals surface area contributed by atoms with Crippen LogP contribution in [0.2, 0.25) is 0 Å². The highest BCUT2D eigenvalue weighted by molar-refractivity contribution is 9.11. The van der Waals surface area contributed by atoms with Crippen LogP contribution in [0.5, 0.6) is 0 Å². The van der Waals surface area contributed by atoms with Crippen LogP contribution in [0.25, 0.3) is 0 Å². The van der Waals surface area contributed by atoms with E-state index in [1.54, 1.807) is 16.2 Å². The summed E-state index contributed by atoms with van der Waals surface area (Å²) in [4.78, 5) is 13.9. The minimum Gasteiger partial charge on any atom is -0.342 e. The van der Waals surface area contributed by atoms with Crippen molar-refractivity contribution in [1.82, 2.24) is 4.90 Å². The summed E-state index contributed by atoms with van der Waals surface area (Å²) in [7, 11) is 1.87. The lowest BCUT2D eigenvalue weighted by atomic mass is 10.1. The summed E-state index contributed by atoms with van der Waals surface area (Å²) in [5, 5.41) is 1.90. The number of carbonyl (C=O) groups excluding carboxylic acids is 1. The Hall–Kier alpha value is -1.13. The van der Waals surface area contributed by atoms with E-state index in [1.807, 2.05) is 24.6 Å². The zero-order chi connectivity index (χ0) is 14.4. The van der Waals surface area contributed by atoms with Crippen molar-refractivity contribution in [1.29, 1.82) is 0 Å². The lowest BCUT2D eigenvalue weighted by molar-refractivity contribution is 0.0793. The Labute approximate surface area is 132 Å². The molecule has 2 nitrogen and oxygen atoms in total. The van der Waals surface area contributed by atoms with Crippen LogP contribution in [0.3, 0.4) is 0 Å². The van der Waals surface area contributed by atoms with Gasteiger partial charge in [-0.1, -0.05) is 30.3 Å². The van der Waals surface area contributed by atoms with Crippen LogP contribution < -0.4 is 0 Å². The van der Waals surface area contributed by atoms with Crippen molar-refractivity contribution in [3.8, 4) is 0 Å². The number of aryl methyl sites for hydroxylation is 1. The maximum atomic E-state index is 12.1. The lowest BCUT2D eigenvalue weighted by Crippen LogP contribution is -2.27. The molecule has 1 aromatic carbocycles. The summed E-state index contributed by atoms with van der Waals surface area (Å²) >= 11 is 4.93. The normalized spacial score (nSPS) is 10.5. The topological polar surface area (TPSA) is 20.3 Å².